The van der Waals surface area contributed by atoms with E-state index in [2.05, 4.69) is 6.08 Å². The molecule has 6 nitrogen and oxygen atoms in total. The summed E-state index contributed by atoms with van der Waals surface area (Å²) in [7, 11) is 0. The fourth-order valence-electron chi connectivity index (χ4n) is 3.21. The molecule has 0 heterocycles. The molecule has 0 spiro atoms. The van der Waals surface area contributed by atoms with Crippen LogP contribution in [0, 0.1) is 0 Å². The number of allylic oxidation sites excluding steroid dienone is 5. The zero-order valence-electron chi connectivity index (χ0n) is 21.5. The zero-order chi connectivity index (χ0) is 26.2. The Hall–Kier alpha value is -3.41. The molecular formula is C29H38O6. The largest absolute Gasteiger partial charge is 0.508 e. The van der Waals surface area contributed by atoms with Crippen LogP contribution in [0.4, 0.5) is 0 Å². The number of phenols is 1. The molecule has 6 heteroatoms. The summed E-state index contributed by atoms with van der Waals surface area (Å²) in [6.45, 7) is 9.46. The second-order valence-corrected chi connectivity index (χ2v) is 8.78. The van der Waals surface area contributed by atoms with Crippen LogP contribution in [-0.2, 0) is 19.1 Å². The Bertz CT molecular complexity index is 959. The Morgan fingerprint density at radius 3 is 2.20 bits per heavy atom. The van der Waals surface area contributed by atoms with Gasteiger partial charge in [0.2, 0.25) is 0 Å². The van der Waals surface area contributed by atoms with Crippen LogP contribution in [0.15, 0.2) is 70.9 Å². The highest BCUT2D eigenvalue weighted by Crippen LogP contribution is 2.19. The van der Waals surface area contributed by atoms with E-state index in [1.54, 1.807) is 6.08 Å². The summed E-state index contributed by atoms with van der Waals surface area (Å²) >= 11 is 0. The lowest BCUT2D eigenvalue weighted by molar-refractivity contribution is -0.140. The van der Waals surface area contributed by atoms with Gasteiger partial charge in [-0.25, -0.2) is 4.79 Å². The summed E-state index contributed by atoms with van der Waals surface area (Å²) in [6, 6.07) is 5.98. The molecule has 1 rings (SSSR count). The Kier molecular flexibility index (Phi) is 13.8. The molecule has 0 aliphatic heterocycles. The highest BCUT2D eigenvalue weighted by Gasteiger charge is 2.17. The van der Waals surface area contributed by atoms with Crippen molar-refractivity contribution >= 4 is 18.2 Å². The van der Waals surface area contributed by atoms with Crippen LogP contribution in [0.1, 0.15) is 77.1 Å². The van der Waals surface area contributed by atoms with Gasteiger partial charge in [0.1, 0.15) is 24.7 Å². The van der Waals surface area contributed by atoms with Gasteiger partial charge in [-0.3, -0.25) is 9.59 Å². The fraction of sp³-hybridized carbons (Fsp3) is 0.414. The molecule has 190 valence electrons. The first-order chi connectivity index (χ1) is 16.6. The van der Waals surface area contributed by atoms with Gasteiger partial charge >= 0.3 is 11.9 Å². The van der Waals surface area contributed by atoms with E-state index in [1.807, 2.05) is 39.8 Å². The minimum atomic E-state index is -0.445. The molecule has 1 aromatic rings. The molecule has 1 N–H and O–H groups in total. The Labute approximate surface area is 209 Å². The average Bonchev–Trinajstić information content (AvgIpc) is 2.79. The van der Waals surface area contributed by atoms with Crippen molar-refractivity contribution in [1.82, 2.24) is 0 Å². The third-order valence-corrected chi connectivity index (χ3v) is 5.32. The van der Waals surface area contributed by atoms with Crippen LogP contribution in [0.2, 0.25) is 0 Å². The third kappa shape index (κ3) is 13.2. The number of aromatic hydroxyl groups is 1. The van der Waals surface area contributed by atoms with E-state index in [0.717, 1.165) is 41.4 Å². The molecule has 1 atom stereocenters. The topological polar surface area (TPSA) is 89.9 Å². The molecule has 0 amide bonds. The lowest BCUT2D eigenvalue weighted by atomic mass is 10.0. The van der Waals surface area contributed by atoms with Crippen molar-refractivity contribution in [3.05, 3.63) is 76.4 Å². The van der Waals surface area contributed by atoms with E-state index >= 15 is 0 Å². The first-order valence-electron chi connectivity index (χ1n) is 11.8. The maximum absolute atomic E-state index is 12.6. The molecule has 0 saturated heterocycles. The number of carbonyl (C=O) groups excluding carboxylic acids is 3. The van der Waals surface area contributed by atoms with Gasteiger partial charge in [0.15, 0.2) is 0 Å². The minimum Gasteiger partial charge on any atom is -0.508 e. The van der Waals surface area contributed by atoms with Crippen molar-refractivity contribution in [2.24, 2.45) is 0 Å². The lowest BCUT2D eigenvalue weighted by Gasteiger charge is -2.18. The first-order valence-corrected chi connectivity index (χ1v) is 11.8. The number of carbonyl (C=O) groups is 3. The summed E-state index contributed by atoms with van der Waals surface area (Å²) in [4.78, 5) is 34.5. The molecule has 0 saturated carbocycles. The van der Waals surface area contributed by atoms with Crippen molar-refractivity contribution in [3.63, 3.8) is 0 Å². The fourth-order valence-corrected chi connectivity index (χ4v) is 3.21. The maximum Gasteiger partial charge on any atom is 0.338 e. The molecule has 0 bridgehead atoms. The van der Waals surface area contributed by atoms with Crippen molar-refractivity contribution in [1.29, 1.82) is 0 Å². The molecule has 0 radical (unpaired) electrons. The summed E-state index contributed by atoms with van der Waals surface area (Å²) in [5, 5.41) is 9.45. The molecule has 0 aliphatic rings. The number of phenolic OH excluding ortho intramolecular Hbond substituents is 1. The second-order valence-electron chi connectivity index (χ2n) is 8.78. The number of aldehydes is 1. The first kappa shape index (κ1) is 29.6. The number of hydrogen-bond donors (Lipinski definition) is 1. The van der Waals surface area contributed by atoms with Gasteiger partial charge in [-0.2, -0.15) is 0 Å². The Balaban J connectivity index is 2.89. The predicted molar refractivity (Wildman–Crippen MR) is 138 cm³/mol. The van der Waals surface area contributed by atoms with Gasteiger partial charge < -0.3 is 14.6 Å². The van der Waals surface area contributed by atoms with Crippen LogP contribution in [0.3, 0.4) is 0 Å². The molecule has 0 aromatic heterocycles. The van der Waals surface area contributed by atoms with E-state index in [4.69, 9.17) is 9.47 Å². The van der Waals surface area contributed by atoms with Gasteiger partial charge in [-0.15, -0.1) is 0 Å². The normalized spacial score (nSPS) is 13.1. The van der Waals surface area contributed by atoms with Crippen molar-refractivity contribution < 1.29 is 29.0 Å². The highest BCUT2D eigenvalue weighted by molar-refractivity contribution is 5.89. The molecule has 35 heavy (non-hydrogen) atoms. The third-order valence-electron chi connectivity index (χ3n) is 5.32. The Morgan fingerprint density at radius 1 is 0.943 bits per heavy atom. The maximum atomic E-state index is 12.6. The van der Waals surface area contributed by atoms with Gasteiger partial charge in [0, 0.05) is 13.3 Å². The van der Waals surface area contributed by atoms with E-state index in [0.29, 0.717) is 24.8 Å². The van der Waals surface area contributed by atoms with Crippen LogP contribution in [-0.4, -0.2) is 36.0 Å². The van der Waals surface area contributed by atoms with E-state index in [-0.39, 0.29) is 18.3 Å². The zero-order valence-corrected chi connectivity index (χ0v) is 21.5. The lowest BCUT2D eigenvalue weighted by Crippen LogP contribution is -2.19. The minimum absolute atomic E-state index is 0.0891. The summed E-state index contributed by atoms with van der Waals surface area (Å²) in [6.07, 6.45) is 11.5. The molecular weight excluding hydrogens is 444 g/mol. The second kappa shape index (κ2) is 16.3. The molecule has 1 aromatic carbocycles. The SMILES string of the molecule is CC(=O)OC/C(=C\CC/C(C)=C/C=O)CC/C=C(\C)[C@@H](CC=C(C)C)OC(=O)c1ccc(O)cc1. The molecule has 0 unspecified atom stereocenters. The number of rotatable bonds is 14. The molecule has 0 fully saturated rings. The molecule has 0 aliphatic carbocycles. The predicted octanol–water partition coefficient (Wildman–Crippen LogP) is 6.42. The van der Waals surface area contributed by atoms with Gasteiger partial charge in [-0.1, -0.05) is 29.4 Å². The Morgan fingerprint density at radius 2 is 1.60 bits per heavy atom. The smallest absolute Gasteiger partial charge is 0.338 e. The van der Waals surface area contributed by atoms with Crippen molar-refractivity contribution in [2.45, 2.75) is 72.8 Å². The average molecular weight is 483 g/mol. The summed E-state index contributed by atoms with van der Waals surface area (Å²) in [5.74, 6) is -0.687. The number of benzene rings is 1. The van der Waals surface area contributed by atoms with Gasteiger partial charge in [0.25, 0.3) is 0 Å². The van der Waals surface area contributed by atoms with E-state index < -0.39 is 12.1 Å². The number of hydrogen-bond acceptors (Lipinski definition) is 6. The number of esters is 2. The van der Waals surface area contributed by atoms with Crippen LogP contribution < -0.4 is 0 Å². The highest BCUT2D eigenvalue weighted by atomic mass is 16.5. The van der Waals surface area contributed by atoms with Crippen molar-refractivity contribution in [3.8, 4) is 5.75 Å². The summed E-state index contributed by atoms with van der Waals surface area (Å²) < 4.78 is 11.0. The standard InChI is InChI=1S/C29H38O6/c1-21(2)12-17-28(35-29(33)26-13-15-27(32)16-14-26)23(4)9-7-11-25(20-34-24(5)31)10-6-8-22(3)18-19-30/h9-10,12-16,18-19,28,32H,6-8,11,17,20H2,1-5H3/b22-18+,23-9+,25-10-/t28-/m1/s1. The monoisotopic (exact) mass is 482 g/mol. The quantitative estimate of drug-likeness (QED) is 0.142. The van der Waals surface area contributed by atoms with Crippen LogP contribution >= 0.6 is 0 Å². The van der Waals surface area contributed by atoms with Crippen molar-refractivity contribution in [2.75, 3.05) is 6.61 Å². The van der Waals surface area contributed by atoms with Crippen LogP contribution in [0.5, 0.6) is 5.75 Å². The summed E-state index contributed by atoms with van der Waals surface area (Å²) in [5.41, 5.74) is 4.45. The van der Waals surface area contributed by atoms with Gasteiger partial charge in [-0.05, 0) is 94.9 Å². The van der Waals surface area contributed by atoms with Crippen LogP contribution in [0.25, 0.3) is 0 Å². The van der Waals surface area contributed by atoms with Gasteiger partial charge in [0.05, 0.1) is 5.56 Å². The number of ether oxygens (including phenoxy) is 2. The van der Waals surface area contributed by atoms with E-state index in [9.17, 15) is 19.5 Å². The van der Waals surface area contributed by atoms with E-state index in [1.165, 1.54) is 31.2 Å².